The Hall–Kier alpha value is -0.910. The number of amides is 1. The molecule has 3 atom stereocenters. The Morgan fingerprint density at radius 1 is 0.585 bits per heavy atom. The molecule has 41 heavy (non-hydrogen) atoms. The summed E-state index contributed by atoms with van der Waals surface area (Å²) in [7, 11) is 0. The fourth-order valence-corrected chi connectivity index (χ4v) is 5.51. The van der Waals surface area contributed by atoms with Crippen LogP contribution in [-0.2, 0) is 4.79 Å². The first-order chi connectivity index (χ1) is 20.1. The van der Waals surface area contributed by atoms with E-state index >= 15 is 0 Å². The van der Waals surface area contributed by atoms with E-state index in [4.69, 9.17) is 0 Å². The molecular formula is C36H71NO4. The second kappa shape index (κ2) is 32.0. The Bertz CT molecular complexity index is 568. The third kappa shape index (κ3) is 27.7. The summed E-state index contributed by atoms with van der Waals surface area (Å²) >= 11 is 0. The number of hydrogen-bond acceptors (Lipinski definition) is 4. The lowest BCUT2D eigenvalue weighted by Gasteiger charge is -2.26. The van der Waals surface area contributed by atoms with Gasteiger partial charge >= 0.3 is 0 Å². The summed E-state index contributed by atoms with van der Waals surface area (Å²) in [5.74, 6) is -0.155. The lowest BCUT2D eigenvalue weighted by Crippen LogP contribution is -2.50. The van der Waals surface area contributed by atoms with E-state index in [2.05, 4.69) is 31.3 Å². The average molecular weight is 582 g/mol. The van der Waals surface area contributed by atoms with E-state index in [0.717, 1.165) is 38.5 Å². The van der Waals surface area contributed by atoms with Crippen LogP contribution in [0.2, 0.25) is 0 Å². The van der Waals surface area contributed by atoms with E-state index in [9.17, 15) is 20.1 Å². The van der Waals surface area contributed by atoms with Gasteiger partial charge in [-0.25, -0.2) is 0 Å². The Kier molecular flexibility index (Phi) is 31.3. The van der Waals surface area contributed by atoms with Crippen molar-refractivity contribution in [2.24, 2.45) is 0 Å². The van der Waals surface area contributed by atoms with Gasteiger partial charge in [0.15, 0.2) is 0 Å². The number of nitrogens with one attached hydrogen (secondary N) is 1. The number of hydrogen-bond donors (Lipinski definition) is 4. The van der Waals surface area contributed by atoms with Gasteiger partial charge in [0.1, 0.15) is 6.10 Å². The highest BCUT2D eigenvalue weighted by Gasteiger charge is 2.26. The minimum atomic E-state index is -1.15. The molecule has 244 valence electrons. The van der Waals surface area contributed by atoms with Crippen LogP contribution < -0.4 is 5.32 Å². The Morgan fingerprint density at radius 2 is 0.976 bits per heavy atom. The number of aliphatic hydroxyl groups excluding tert-OH is 3. The SMILES string of the molecule is CCCCC/C=C/CCCC(O)C(O)C(CO)NC(=O)CCCCCCCCCCCCCCCCCCCCC. The van der Waals surface area contributed by atoms with Crippen LogP contribution in [-0.4, -0.2) is 46.1 Å². The molecule has 0 heterocycles. The van der Waals surface area contributed by atoms with Crippen LogP contribution >= 0.6 is 0 Å². The van der Waals surface area contributed by atoms with Crippen LogP contribution in [0, 0.1) is 0 Å². The van der Waals surface area contributed by atoms with Crippen LogP contribution in [0.5, 0.6) is 0 Å². The molecule has 0 bridgehead atoms. The zero-order chi connectivity index (χ0) is 30.2. The van der Waals surface area contributed by atoms with Crippen LogP contribution in [0.1, 0.15) is 187 Å². The topological polar surface area (TPSA) is 89.8 Å². The third-order valence-electron chi connectivity index (χ3n) is 8.37. The monoisotopic (exact) mass is 582 g/mol. The maximum Gasteiger partial charge on any atom is 0.220 e. The summed E-state index contributed by atoms with van der Waals surface area (Å²) in [4.78, 5) is 12.3. The molecule has 0 rings (SSSR count). The molecule has 0 aromatic rings. The fraction of sp³-hybridized carbons (Fsp3) is 0.917. The van der Waals surface area contributed by atoms with Gasteiger partial charge < -0.3 is 20.6 Å². The van der Waals surface area contributed by atoms with Crippen molar-refractivity contribution in [3.63, 3.8) is 0 Å². The molecule has 5 nitrogen and oxygen atoms in total. The predicted octanol–water partition coefficient (Wildman–Crippen LogP) is 9.31. The van der Waals surface area contributed by atoms with E-state index in [1.807, 2.05) is 0 Å². The van der Waals surface area contributed by atoms with Gasteiger partial charge in [-0.15, -0.1) is 0 Å². The Balaban J connectivity index is 3.61. The van der Waals surface area contributed by atoms with Gasteiger partial charge in [-0.05, 0) is 38.5 Å². The van der Waals surface area contributed by atoms with Crippen molar-refractivity contribution in [3.8, 4) is 0 Å². The second-order valence-corrected chi connectivity index (χ2v) is 12.4. The molecule has 0 aliphatic rings. The van der Waals surface area contributed by atoms with Crippen molar-refractivity contribution in [2.45, 2.75) is 205 Å². The van der Waals surface area contributed by atoms with Crippen LogP contribution in [0.15, 0.2) is 12.2 Å². The van der Waals surface area contributed by atoms with Gasteiger partial charge in [-0.2, -0.15) is 0 Å². The van der Waals surface area contributed by atoms with Gasteiger partial charge in [-0.1, -0.05) is 154 Å². The quantitative estimate of drug-likeness (QED) is 0.0471. The van der Waals surface area contributed by atoms with Crippen LogP contribution in [0.4, 0.5) is 0 Å². The third-order valence-corrected chi connectivity index (χ3v) is 8.37. The van der Waals surface area contributed by atoms with Crippen molar-refractivity contribution < 1.29 is 20.1 Å². The van der Waals surface area contributed by atoms with E-state index < -0.39 is 18.2 Å². The summed E-state index contributed by atoms with van der Waals surface area (Å²) in [6.45, 7) is 4.10. The number of carbonyl (C=O) groups excluding carboxylic acids is 1. The second-order valence-electron chi connectivity index (χ2n) is 12.4. The molecule has 4 N–H and O–H groups in total. The van der Waals surface area contributed by atoms with E-state index in [1.165, 1.54) is 122 Å². The molecule has 0 saturated carbocycles. The van der Waals surface area contributed by atoms with Crippen LogP contribution in [0.25, 0.3) is 0 Å². The normalized spacial score (nSPS) is 14.0. The van der Waals surface area contributed by atoms with E-state index in [-0.39, 0.29) is 12.5 Å². The average Bonchev–Trinajstić information content (AvgIpc) is 2.97. The van der Waals surface area contributed by atoms with Gasteiger partial charge in [-0.3, -0.25) is 4.79 Å². The van der Waals surface area contributed by atoms with E-state index in [0.29, 0.717) is 12.8 Å². The van der Waals surface area contributed by atoms with Gasteiger partial charge in [0, 0.05) is 6.42 Å². The number of aliphatic hydroxyl groups is 3. The molecular weight excluding hydrogens is 510 g/mol. The standard InChI is InChI=1S/C36H71NO4/c1-3-5-7-9-11-13-14-15-16-17-18-19-20-21-22-23-25-27-29-31-35(40)37-33(32-38)36(41)34(39)30-28-26-24-12-10-8-6-4-2/h12,24,33-34,36,38-39,41H,3-11,13-23,25-32H2,1-2H3,(H,37,40)/b24-12+. The minimum Gasteiger partial charge on any atom is -0.394 e. The number of allylic oxidation sites excluding steroid dienone is 2. The summed E-state index contributed by atoms with van der Waals surface area (Å²) in [5, 5.41) is 33.1. The smallest absolute Gasteiger partial charge is 0.220 e. The maximum atomic E-state index is 12.3. The van der Waals surface area contributed by atoms with Gasteiger partial charge in [0.25, 0.3) is 0 Å². The first kappa shape index (κ1) is 40.1. The Labute approximate surface area is 255 Å². The molecule has 0 aliphatic heterocycles. The summed E-state index contributed by atoms with van der Waals surface area (Å²) in [6, 6.07) is -0.817. The molecule has 1 amide bonds. The molecule has 0 fully saturated rings. The van der Waals surface area contributed by atoms with Crippen molar-refractivity contribution in [2.75, 3.05) is 6.61 Å². The van der Waals surface area contributed by atoms with Gasteiger partial charge in [0.2, 0.25) is 5.91 Å². The number of rotatable bonds is 32. The maximum absolute atomic E-state index is 12.3. The molecule has 3 unspecified atom stereocenters. The van der Waals surface area contributed by atoms with Crippen molar-refractivity contribution in [1.82, 2.24) is 5.32 Å². The highest BCUT2D eigenvalue weighted by atomic mass is 16.3. The number of carbonyl (C=O) groups is 1. The summed E-state index contributed by atoms with van der Waals surface area (Å²) < 4.78 is 0. The van der Waals surface area contributed by atoms with Crippen molar-refractivity contribution in [1.29, 1.82) is 0 Å². The van der Waals surface area contributed by atoms with Crippen molar-refractivity contribution >= 4 is 5.91 Å². The highest BCUT2D eigenvalue weighted by Crippen LogP contribution is 2.15. The summed E-state index contributed by atoms with van der Waals surface area (Å²) in [5.41, 5.74) is 0. The summed E-state index contributed by atoms with van der Waals surface area (Å²) in [6.07, 6.45) is 34.6. The molecule has 0 spiro atoms. The molecule has 0 aliphatic carbocycles. The number of unbranched alkanes of at least 4 members (excludes halogenated alkanes) is 22. The first-order valence-corrected chi connectivity index (χ1v) is 18.0. The molecule has 5 heteroatoms. The van der Waals surface area contributed by atoms with Gasteiger partial charge in [0.05, 0.1) is 18.8 Å². The fourth-order valence-electron chi connectivity index (χ4n) is 5.51. The lowest BCUT2D eigenvalue weighted by molar-refractivity contribution is -0.124. The lowest BCUT2D eigenvalue weighted by atomic mass is 10.0. The molecule has 0 aromatic heterocycles. The first-order valence-electron chi connectivity index (χ1n) is 18.0. The highest BCUT2D eigenvalue weighted by molar-refractivity contribution is 5.76. The minimum absolute atomic E-state index is 0.155. The Morgan fingerprint density at radius 3 is 1.41 bits per heavy atom. The van der Waals surface area contributed by atoms with E-state index in [1.54, 1.807) is 0 Å². The molecule has 0 saturated heterocycles. The zero-order valence-electron chi connectivity index (χ0n) is 27.4. The molecule has 0 aromatic carbocycles. The van der Waals surface area contributed by atoms with Crippen LogP contribution in [0.3, 0.4) is 0 Å². The molecule has 0 radical (unpaired) electrons. The van der Waals surface area contributed by atoms with Crippen molar-refractivity contribution in [3.05, 3.63) is 12.2 Å². The predicted molar refractivity (Wildman–Crippen MR) is 176 cm³/mol. The largest absolute Gasteiger partial charge is 0.394 e. The zero-order valence-corrected chi connectivity index (χ0v) is 27.4.